The first-order valence-electron chi connectivity index (χ1n) is 6.89. The van der Waals surface area contributed by atoms with Crippen LogP contribution in [0, 0.1) is 0 Å². The molecule has 108 valence electrons. The molecule has 1 fully saturated rings. The molecule has 2 heterocycles. The highest BCUT2D eigenvalue weighted by atomic mass is 16.5. The number of morpholine rings is 1. The molecule has 1 saturated heterocycles. The molecule has 1 aromatic carbocycles. The fraction of sp³-hybridized carbons (Fsp3) is 0.250. The van der Waals surface area contributed by atoms with Crippen LogP contribution < -0.4 is 5.56 Å². The highest BCUT2D eigenvalue weighted by Gasteiger charge is 2.27. The minimum absolute atomic E-state index is 0.147. The predicted molar refractivity (Wildman–Crippen MR) is 78.1 cm³/mol. The quantitative estimate of drug-likeness (QED) is 0.911. The summed E-state index contributed by atoms with van der Waals surface area (Å²) < 4.78 is 5.73. The number of pyridine rings is 1. The number of aromatic amines is 1. The zero-order valence-electron chi connectivity index (χ0n) is 11.5. The molecule has 0 radical (unpaired) electrons. The zero-order valence-corrected chi connectivity index (χ0v) is 11.5. The van der Waals surface area contributed by atoms with Gasteiger partial charge in [0, 0.05) is 12.7 Å². The second kappa shape index (κ2) is 5.93. The third-order valence-electron chi connectivity index (χ3n) is 3.57. The largest absolute Gasteiger partial charge is 0.370 e. The predicted octanol–water partition coefficient (Wildman–Crippen LogP) is 1.59. The average molecular weight is 284 g/mol. The molecule has 0 saturated carbocycles. The van der Waals surface area contributed by atoms with Crippen LogP contribution in [-0.2, 0) is 4.74 Å². The van der Waals surface area contributed by atoms with Crippen molar-refractivity contribution >= 4 is 5.91 Å². The van der Waals surface area contributed by atoms with Gasteiger partial charge in [-0.25, -0.2) is 0 Å². The van der Waals surface area contributed by atoms with Crippen molar-refractivity contribution < 1.29 is 9.53 Å². The van der Waals surface area contributed by atoms with E-state index in [1.165, 1.54) is 6.20 Å². The van der Waals surface area contributed by atoms with Gasteiger partial charge < -0.3 is 14.6 Å². The summed E-state index contributed by atoms with van der Waals surface area (Å²) in [6.45, 7) is 1.42. The van der Waals surface area contributed by atoms with Crippen molar-refractivity contribution in [3.63, 3.8) is 0 Å². The number of nitrogens with zero attached hydrogens (tertiary/aromatic N) is 1. The Kier molecular flexibility index (Phi) is 3.83. The summed E-state index contributed by atoms with van der Waals surface area (Å²) >= 11 is 0. The Morgan fingerprint density at radius 3 is 2.76 bits per heavy atom. The van der Waals surface area contributed by atoms with Gasteiger partial charge in [0.25, 0.3) is 11.5 Å². The summed E-state index contributed by atoms with van der Waals surface area (Å²) in [5.41, 5.74) is 0.855. The zero-order chi connectivity index (χ0) is 14.7. The van der Waals surface area contributed by atoms with Crippen LogP contribution in [0.4, 0.5) is 0 Å². The molecule has 1 aliphatic heterocycles. The van der Waals surface area contributed by atoms with Crippen molar-refractivity contribution in [3.8, 4) is 0 Å². The number of nitrogens with one attached hydrogen (secondary N) is 1. The van der Waals surface area contributed by atoms with E-state index >= 15 is 0 Å². The fourth-order valence-electron chi connectivity index (χ4n) is 2.46. The molecule has 0 spiro atoms. The van der Waals surface area contributed by atoms with Crippen molar-refractivity contribution in [2.45, 2.75) is 6.10 Å². The normalized spacial score (nSPS) is 18.5. The Morgan fingerprint density at radius 1 is 1.19 bits per heavy atom. The van der Waals surface area contributed by atoms with Crippen LogP contribution in [0.15, 0.2) is 53.5 Å². The second-order valence-electron chi connectivity index (χ2n) is 4.93. The molecule has 1 N–H and O–H groups in total. The van der Waals surface area contributed by atoms with Gasteiger partial charge in [-0.3, -0.25) is 9.59 Å². The summed E-state index contributed by atoms with van der Waals surface area (Å²) in [4.78, 5) is 28.4. The smallest absolute Gasteiger partial charge is 0.260 e. The standard InChI is InChI=1S/C16H16N2O3/c19-15-13(7-4-8-17-15)16(20)18-9-10-21-14(11-18)12-5-2-1-3-6-12/h1-8,14H,9-11H2,(H,17,19). The minimum atomic E-state index is -0.356. The van der Waals surface area contributed by atoms with E-state index in [2.05, 4.69) is 4.98 Å². The Labute approximate surface area is 122 Å². The topological polar surface area (TPSA) is 62.4 Å². The summed E-state index contributed by atoms with van der Waals surface area (Å²) in [5.74, 6) is -0.249. The van der Waals surface area contributed by atoms with E-state index in [0.717, 1.165) is 5.56 Å². The Hall–Kier alpha value is -2.40. The summed E-state index contributed by atoms with van der Waals surface area (Å²) in [7, 11) is 0. The molecule has 21 heavy (non-hydrogen) atoms. The summed E-state index contributed by atoms with van der Waals surface area (Å²) in [6.07, 6.45) is 1.37. The highest BCUT2D eigenvalue weighted by Crippen LogP contribution is 2.22. The van der Waals surface area contributed by atoms with Crippen LogP contribution in [0.3, 0.4) is 0 Å². The fourth-order valence-corrected chi connectivity index (χ4v) is 2.46. The maximum Gasteiger partial charge on any atom is 0.260 e. The van der Waals surface area contributed by atoms with E-state index in [9.17, 15) is 9.59 Å². The SMILES string of the molecule is O=C(c1ccc[nH]c1=O)N1CCOC(c2ccccc2)C1. The van der Waals surface area contributed by atoms with E-state index in [4.69, 9.17) is 4.74 Å². The lowest BCUT2D eigenvalue weighted by molar-refractivity contribution is -0.0228. The molecule has 1 amide bonds. The average Bonchev–Trinajstić information content (AvgIpc) is 2.56. The lowest BCUT2D eigenvalue weighted by Gasteiger charge is -2.33. The number of aromatic nitrogens is 1. The number of hydrogen-bond donors (Lipinski definition) is 1. The Morgan fingerprint density at radius 2 is 2.00 bits per heavy atom. The van der Waals surface area contributed by atoms with Gasteiger partial charge >= 0.3 is 0 Å². The third kappa shape index (κ3) is 2.87. The molecular weight excluding hydrogens is 268 g/mol. The Bertz CT molecular complexity index is 681. The molecule has 3 rings (SSSR count). The van der Waals surface area contributed by atoms with Gasteiger partial charge in [-0.1, -0.05) is 30.3 Å². The number of carbonyl (C=O) groups is 1. The van der Waals surface area contributed by atoms with Gasteiger partial charge in [-0.05, 0) is 17.7 Å². The summed E-state index contributed by atoms with van der Waals surface area (Å²) in [6, 6.07) is 13.0. The monoisotopic (exact) mass is 284 g/mol. The molecule has 5 nitrogen and oxygen atoms in total. The van der Waals surface area contributed by atoms with Crippen LogP contribution in [0.1, 0.15) is 22.0 Å². The van der Waals surface area contributed by atoms with Gasteiger partial charge in [0.05, 0.1) is 13.2 Å². The van der Waals surface area contributed by atoms with Crippen molar-refractivity contribution in [2.24, 2.45) is 0 Å². The second-order valence-corrected chi connectivity index (χ2v) is 4.93. The number of rotatable bonds is 2. The van der Waals surface area contributed by atoms with Gasteiger partial charge in [-0.2, -0.15) is 0 Å². The minimum Gasteiger partial charge on any atom is -0.370 e. The number of ether oxygens (including phenoxy) is 1. The van der Waals surface area contributed by atoms with Gasteiger partial charge in [0.2, 0.25) is 0 Å². The van der Waals surface area contributed by atoms with Crippen molar-refractivity contribution in [3.05, 3.63) is 70.1 Å². The molecule has 0 aliphatic carbocycles. The van der Waals surface area contributed by atoms with E-state index in [1.54, 1.807) is 17.0 Å². The maximum atomic E-state index is 12.4. The molecule has 1 atom stereocenters. The highest BCUT2D eigenvalue weighted by molar-refractivity contribution is 5.93. The first-order valence-corrected chi connectivity index (χ1v) is 6.89. The van der Waals surface area contributed by atoms with Crippen LogP contribution in [0.25, 0.3) is 0 Å². The molecule has 1 aromatic heterocycles. The van der Waals surface area contributed by atoms with Crippen molar-refractivity contribution in [2.75, 3.05) is 19.7 Å². The first-order chi connectivity index (χ1) is 10.3. The van der Waals surface area contributed by atoms with Crippen LogP contribution >= 0.6 is 0 Å². The summed E-state index contributed by atoms with van der Waals surface area (Å²) in [5, 5.41) is 0. The molecule has 5 heteroatoms. The number of carbonyl (C=O) groups excluding carboxylic acids is 1. The molecule has 1 unspecified atom stereocenters. The maximum absolute atomic E-state index is 12.4. The first kappa shape index (κ1) is 13.6. The third-order valence-corrected chi connectivity index (χ3v) is 3.57. The molecular formula is C16H16N2O3. The van der Waals surface area contributed by atoms with Gasteiger partial charge in [-0.15, -0.1) is 0 Å². The number of benzene rings is 1. The van der Waals surface area contributed by atoms with E-state index in [1.807, 2.05) is 30.3 Å². The van der Waals surface area contributed by atoms with E-state index in [-0.39, 0.29) is 23.1 Å². The van der Waals surface area contributed by atoms with Crippen molar-refractivity contribution in [1.29, 1.82) is 0 Å². The number of hydrogen-bond acceptors (Lipinski definition) is 3. The van der Waals surface area contributed by atoms with E-state index < -0.39 is 0 Å². The van der Waals surface area contributed by atoms with E-state index in [0.29, 0.717) is 19.7 Å². The van der Waals surface area contributed by atoms with Crippen LogP contribution in [-0.4, -0.2) is 35.5 Å². The number of amides is 1. The van der Waals surface area contributed by atoms with Gasteiger partial charge in [0.15, 0.2) is 0 Å². The number of H-pyrrole nitrogens is 1. The van der Waals surface area contributed by atoms with Crippen LogP contribution in [0.5, 0.6) is 0 Å². The van der Waals surface area contributed by atoms with Crippen molar-refractivity contribution in [1.82, 2.24) is 9.88 Å². The molecule has 0 bridgehead atoms. The lowest BCUT2D eigenvalue weighted by Crippen LogP contribution is -2.43. The van der Waals surface area contributed by atoms with Crippen LogP contribution in [0.2, 0.25) is 0 Å². The lowest BCUT2D eigenvalue weighted by atomic mass is 10.1. The van der Waals surface area contributed by atoms with Gasteiger partial charge in [0.1, 0.15) is 11.7 Å². The molecule has 2 aromatic rings. The molecule has 1 aliphatic rings. The Balaban J connectivity index is 1.79.